The molecule has 0 bridgehead atoms. The van der Waals surface area contributed by atoms with Crippen LogP contribution in [0.5, 0.6) is 0 Å². The van der Waals surface area contributed by atoms with E-state index in [1.54, 1.807) is 0 Å². The Morgan fingerprint density at radius 2 is 1.81 bits per heavy atom. The molecule has 0 radical (unpaired) electrons. The van der Waals surface area contributed by atoms with E-state index in [4.69, 9.17) is 4.98 Å². The number of rotatable bonds is 9. The first-order valence-corrected chi connectivity index (χ1v) is 9.92. The summed E-state index contributed by atoms with van der Waals surface area (Å²) in [6, 6.07) is 18.4. The minimum absolute atomic E-state index is 0.100. The van der Waals surface area contributed by atoms with Crippen LogP contribution in [0.1, 0.15) is 38.1 Å². The first-order chi connectivity index (χ1) is 13.2. The number of hydrogen-bond acceptors (Lipinski definition) is 2. The van der Waals surface area contributed by atoms with Gasteiger partial charge >= 0.3 is 0 Å². The maximum absolute atomic E-state index is 12.1. The highest BCUT2D eigenvalue weighted by molar-refractivity contribution is 5.77. The Morgan fingerprint density at radius 1 is 1.07 bits per heavy atom. The van der Waals surface area contributed by atoms with Gasteiger partial charge in [-0.15, -0.1) is 0 Å². The summed E-state index contributed by atoms with van der Waals surface area (Å²) in [5, 5.41) is 3.05. The zero-order chi connectivity index (χ0) is 19.1. The molecule has 0 aliphatic heterocycles. The summed E-state index contributed by atoms with van der Waals surface area (Å²) in [5.41, 5.74) is 3.41. The molecule has 27 heavy (non-hydrogen) atoms. The average Bonchev–Trinajstić information content (AvgIpc) is 3.04. The van der Waals surface area contributed by atoms with Gasteiger partial charge in [0.2, 0.25) is 5.91 Å². The quantitative estimate of drug-likeness (QED) is 0.613. The summed E-state index contributed by atoms with van der Waals surface area (Å²) in [6.45, 7) is 6.08. The van der Waals surface area contributed by atoms with Crippen molar-refractivity contribution in [3.8, 4) is 0 Å². The van der Waals surface area contributed by atoms with Gasteiger partial charge in [-0.2, -0.15) is 0 Å². The van der Waals surface area contributed by atoms with Crippen LogP contribution in [0.25, 0.3) is 11.0 Å². The van der Waals surface area contributed by atoms with Gasteiger partial charge in [0, 0.05) is 25.9 Å². The second-order valence-electron chi connectivity index (χ2n) is 7.23. The fourth-order valence-corrected chi connectivity index (χ4v) is 3.27. The number of aryl methyl sites for hydroxylation is 1. The Hall–Kier alpha value is -2.62. The van der Waals surface area contributed by atoms with Crippen LogP contribution in [0.2, 0.25) is 0 Å². The Balaban J connectivity index is 1.57. The van der Waals surface area contributed by atoms with Crippen molar-refractivity contribution in [3.05, 3.63) is 66.0 Å². The van der Waals surface area contributed by atoms with Crippen molar-refractivity contribution in [2.24, 2.45) is 5.92 Å². The highest BCUT2D eigenvalue weighted by atomic mass is 16.1. The number of amides is 1. The van der Waals surface area contributed by atoms with Gasteiger partial charge in [0.05, 0.1) is 11.0 Å². The lowest BCUT2D eigenvalue weighted by atomic mass is 10.1. The van der Waals surface area contributed by atoms with E-state index < -0.39 is 0 Å². The van der Waals surface area contributed by atoms with Crippen molar-refractivity contribution in [3.63, 3.8) is 0 Å². The fourth-order valence-electron chi connectivity index (χ4n) is 3.27. The number of benzene rings is 2. The Morgan fingerprint density at radius 3 is 2.59 bits per heavy atom. The summed E-state index contributed by atoms with van der Waals surface area (Å²) in [7, 11) is 0. The lowest BCUT2D eigenvalue weighted by molar-refractivity contribution is -0.121. The van der Waals surface area contributed by atoms with Crippen LogP contribution in [-0.2, 0) is 24.2 Å². The number of carbonyl (C=O) groups is 1. The van der Waals surface area contributed by atoms with Gasteiger partial charge < -0.3 is 9.88 Å². The Bertz CT molecular complexity index is 870. The van der Waals surface area contributed by atoms with Gasteiger partial charge in [-0.05, 0) is 30.0 Å². The molecule has 1 unspecified atom stereocenters. The number of fused-ring (bicyclic) bond motifs is 1. The van der Waals surface area contributed by atoms with Crippen molar-refractivity contribution >= 4 is 16.9 Å². The highest BCUT2D eigenvalue weighted by Gasteiger charge is 2.12. The maximum atomic E-state index is 12.1. The molecule has 0 spiro atoms. The molecule has 0 aliphatic rings. The van der Waals surface area contributed by atoms with E-state index in [1.807, 2.05) is 24.3 Å². The van der Waals surface area contributed by atoms with Gasteiger partial charge in [0.1, 0.15) is 5.82 Å². The molecule has 3 rings (SSSR count). The van der Waals surface area contributed by atoms with Gasteiger partial charge in [-0.3, -0.25) is 4.79 Å². The van der Waals surface area contributed by atoms with Crippen LogP contribution in [0.3, 0.4) is 0 Å². The predicted octanol–water partition coefficient (Wildman–Crippen LogP) is 4.37. The molecule has 1 heterocycles. The van der Waals surface area contributed by atoms with Crippen LogP contribution in [0.4, 0.5) is 0 Å². The van der Waals surface area contributed by atoms with Crippen molar-refractivity contribution in [2.45, 2.75) is 46.1 Å². The van der Waals surface area contributed by atoms with E-state index in [9.17, 15) is 4.79 Å². The molecule has 0 saturated carbocycles. The number of imidazole rings is 1. The second-order valence-corrected chi connectivity index (χ2v) is 7.23. The Labute approximate surface area is 161 Å². The number of aromatic nitrogens is 2. The molecule has 1 N–H and O–H groups in total. The lowest BCUT2D eigenvalue weighted by Gasteiger charge is -2.14. The first-order valence-electron chi connectivity index (χ1n) is 9.92. The molecule has 1 atom stereocenters. The van der Waals surface area contributed by atoms with E-state index in [1.165, 1.54) is 11.1 Å². The highest BCUT2D eigenvalue weighted by Crippen LogP contribution is 2.19. The van der Waals surface area contributed by atoms with E-state index in [2.05, 4.69) is 54.1 Å². The first kappa shape index (κ1) is 19.2. The summed E-state index contributed by atoms with van der Waals surface area (Å²) in [5.74, 6) is 1.75. The van der Waals surface area contributed by atoms with Gasteiger partial charge in [0.25, 0.3) is 0 Å². The van der Waals surface area contributed by atoms with Crippen molar-refractivity contribution < 1.29 is 4.79 Å². The molecule has 142 valence electrons. The monoisotopic (exact) mass is 363 g/mol. The standard InChI is InChI=1S/C23H29N3O/c1-3-18(2)17-26-21-12-8-7-11-20(21)25-22(26)15-16-24-23(27)14-13-19-9-5-4-6-10-19/h4-12,18H,3,13-17H2,1-2H3,(H,24,27). The summed E-state index contributed by atoms with van der Waals surface area (Å²) in [4.78, 5) is 17.0. The normalized spacial score (nSPS) is 12.2. The molecule has 4 heteroatoms. The van der Waals surface area contributed by atoms with Crippen LogP contribution in [0.15, 0.2) is 54.6 Å². The van der Waals surface area contributed by atoms with Gasteiger partial charge in [-0.1, -0.05) is 62.7 Å². The predicted molar refractivity (Wildman–Crippen MR) is 111 cm³/mol. The molecule has 1 amide bonds. The molecule has 3 aromatic rings. The zero-order valence-corrected chi connectivity index (χ0v) is 16.3. The van der Waals surface area contributed by atoms with Crippen molar-refractivity contribution in [1.29, 1.82) is 0 Å². The van der Waals surface area contributed by atoms with Gasteiger partial charge in [0.15, 0.2) is 0 Å². The lowest BCUT2D eigenvalue weighted by Crippen LogP contribution is -2.27. The SMILES string of the molecule is CCC(C)Cn1c(CCNC(=O)CCc2ccccc2)nc2ccccc21. The van der Waals surface area contributed by atoms with Crippen molar-refractivity contribution in [1.82, 2.24) is 14.9 Å². The minimum Gasteiger partial charge on any atom is -0.356 e. The third kappa shape index (κ3) is 5.19. The number of nitrogens with one attached hydrogen (secondary N) is 1. The fraction of sp³-hybridized carbons (Fsp3) is 0.391. The number of carbonyl (C=O) groups excluding carboxylic acids is 1. The van der Waals surface area contributed by atoms with E-state index >= 15 is 0 Å². The topological polar surface area (TPSA) is 46.9 Å². The molecule has 1 aromatic heterocycles. The third-order valence-corrected chi connectivity index (χ3v) is 5.08. The second kappa shape index (κ2) is 9.36. The number of para-hydroxylation sites is 2. The molecular weight excluding hydrogens is 334 g/mol. The zero-order valence-electron chi connectivity index (χ0n) is 16.3. The molecule has 0 fully saturated rings. The number of nitrogens with zero attached hydrogens (tertiary/aromatic N) is 2. The van der Waals surface area contributed by atoms with Crippen LogP contribution < -0.4 is 5.32 Å². The van der Waals surface area contributed by atoms with E-state index in [0.717, 1.165) is 37.1 Å². The van der Waals surface area contributed by atoms with E-state index in [0.29, 0.717) is 18.9 Å². The van der Waals surface area contributed by atoms with E-state index in [-0.39, 0.29) is 5.91 Å². The third-order valence-electron chi connectivity index (χ3n) is 5.08. The summed E-state index contributed by atoms with van der Waals surface area (Å²) >= 11 is 0. The summed E-state index contributed by atoms with van der Waals surface area (Å²) in [6.07, 6.45) is 3.19. The Kier molecular flexibility index (Phi) is 6.64. The van der Waals surface area contributed by atoms with Crippen molar-refractivity contribution in [2.75, 3.05) is 6.54 Å². The van der Waals surface area contributed by atoms with Gasteiger partial charge in [-0.25, -0.2) is 4.98 Å². The molecular formula is C23H29N3O. The van der Waals surface area contributed by atoms with Crippen LogP contribution in [0, 0.1) is 5.92 Å². The smallest absolute Gasteiger partial charge is 0.220 e. The summed E-state index contributed by atoms with van der Waals surface area (Å²) < 4.78 is 2.32. The van der Waals surface area contributed by atoms with Crippen LogP contribution in [-0.4, -0.2) is 22.0 Å². The molecule has 0 saturated heterocycles. The molecule has 2 aromatic carbocycles. The maximum Gasteiger partial charge on any atom is 0.220 e. The largest absolute Gasteiger partial charge is 0.356 e. The number of hydrogen-bond donors (Lipinski definition) is 1. The van der Waals surface area contributed by atoms with Crippen LogP contribution >= 0.6 is 0 Å². The molecule has 4 nitrogen and oxygen atoms in total. The molecule has 0 aliphatic carbocycles. The average molecular weight is 364 g/mol. The minimum atomic E-state index is 0.100.